The maximum Gasteiger partial charge on any atom is 0.160 e. The number of phenols is 2. The highest BCUT2D eigenvalue weighted by molar-refractivity contribution is 5.85. The lowest BCUT2D eigenvalue weighted by atomic mass is 9.89. The number of hydrogen-bond acceptors (Lipinski definition) is 3. The number of aromatic hydroxyl groups is 2. The minimum atomic E-state index is -0.0129. The van der Waals surface area contributed by atoms with Gasteiger partial charge in [-0.2, -0.15) is 0 Å². The van der Waals surface area contributed by atoms with Crippen LogP contribution in [0, 0.1) is 0 Å². The zero-order chi connectivity index (χ0) is 9.97. The minimum Gasteiger partial charge on any atom is -0.504 e. The molecule has 0 unspecified atom stereocenters. The molecular formula is C11H16ClNO2. The van der Waals surface area contributed by atoms with E-state index in [0.29, 0.717) is 5.92 Å². The molecule has 0 radical (unpaired) electrons. The normalized spacial score (nSPS) is 17.1. The molecule has 1 aliphatic rings. The van der Waals surface area contributed by atoms with E-state index in [1.807, 2.05) is 6.07 Å². The van der Waals surface area contributed by atoms with Crippen LogP contribution >= 0.6 is 12.4 Å². The molecule has 0 saturated carbocycles. The molecule has 3 N–H and O–H groups in total. The number of rotatable bonds is 1. The smallest absolute Gasteiger partial charge is 0.160 e. The van der Waals surface area contributed by atoms with Crippen LogP contribution in [0.1, 0.15) is 24.3 Å². The predicted octanol–water partition coefficient (Wildman–Crippen LogP) is 1.99. The number of halogens is 1. The van der Waals surface area contributed by atoms with Crippen LogP contribution in [-0.2, 0) is 0 Å². The van der Waals surface area contributed by atoms with Crippen molar-refractivity contribution < 1.29 is 10.2 Å². The van der Waals surface area contributed by atoms with Crippen molar-refractivity contribution >= 4 is 12.4 Å². The lowest BCUT2D eigenvalue weighted by Gasteiger charge is -2.23. The fraction of sp³-hybridized carbons (Fsp3) is 0.455. The van der Waals surface area contributed by atoms with Gasteiger partial charge in [0, 0.05) is 5.56 Å². The topological polar surface area (TPSA) is 52.5 Å². The molecule has 1 aromatic carbocycles. The predicted molar refractivity (Wildman–Crippen MR) is 61.9 cm³/mol. The van der Waals surface area contributed by atoms with Crippen molar-refractivity contribution in [1.82, 2.24) is 5.32 Å². The van der Waals surface area contributed by atoms with Crippen LogP contribution in [0.4, 0.5) is 0 Å². The van der Waals surface area contributed by atoms with E-state index in [4.69, 9.17) is 0 Å². The summed E-state index contributed by atoms with van der Waals surface area (Å²) in [5, 5.41) is 22.3. The fourth-order valence-corrected chi connectivity index (χ4v) is 2.01. The summed E-state index contributed by atoms with van der Waals surface area (Å²) < 4.78 is 0. The molecule has 4 heteroatoms. The van der Waals surface area contributed by atoms with E-state index in [1.165, 1.54) is 6.07 Å². The first-order valence-corrected chi connectivity index (χ1v) is 5.00. The lowest BCUT2D eigenvalue weighted by Crippen LogP contribution is -2.26. The number of piperidine rings is 1. The van der Waals surface area contributed by atoms with Crippen LogP contribution in [0.3, 0.4) is 0 Å². The average Bonchev–Trinajstić information content (AvgIpc) is 2.23. The Morgan fingerprint density at radius 3 is 2.47 bits per heavy atom. The van der Waals surface area contributed by atoms with Crippen LogP contribution in [0.25, 0.3) is 0 Å². The SMILES string of the molecule is Cl.Oc1cccc(C2CCNCC2)c1O. The standard InChI is InChI=1S/C11H15NO2.ClH/c13-10-3-1-2-9(11(10)14)8-4-6-12-7-5-8;/h1-3,8,12-14H,4-7H2;1H. The van der Waals surface area contributed by atoms with E-state index in [0.717, 1.165) is 31.5 Å². The number of hydrogen-bond donors (Lipinski definition) is 3. The zero-order valence-corrected chi connectivity index (χ0v) is 9.26. The van der Waals surface area contributed by atoms with Crippen molar-refractivity contribution in [2.24, 2.45) is 0 Å². The molecule has 3 nitrogen and oxygen atoms in total. The molecule has 1 aromatic rings. The van der Waals surface area contributed by atoms with Crippen molar-refractivity contribution in [3.63, 3.8) is 0 Å². The Kier molecular flexibility index (Phi) is 4.24. The van der Waals surface area contributed by atoms with Gasteiger partial charge < -0.3 is 15.5 Å². The van der Waals surface area contributed by atoms with Crippen LogP contribution in [0.5, 0.6) is 11.5 Å². The summed E-state index contributed by atoms with van der Waals surface area (Å²) in [6.07, 6.45) is 2.05. The van der Waals surface area contributed by atoms with E-state index < -0.39 is 0 Å². The Labute approximate surface area is 95.5 Å². The van der Waals surface area contributed by atoms with E-state index >= 15 is 0 Å². The maximum absolute atomic E-state index is 9.68. The number of phenolic OH excluding ortho intramolecular Hbond substituents is 2. The first-order chi connectivity index (χ1) is 6.79. The number of benzene rings is 1. The molecule has 1 aliphatic heterocycles. The van der Waals surface area contributed by atoms with Crippen molar-refractivity contribution in [1.29, 1.82) is 0 Å². The monoisotopic (exact) mass is 229 g/mol. The average molecular weight is 230 g/mol. The molecule has 0 aromatic heterocycles. The molecule has 1 heterocycles. The van der Waals surface area contributed by atoms with E-state index in [2.05, 4.69) is 5.32 Å². The largest absolute Gasteiger partial charge is 0.504 e. The summed E-state index contributed by atoms with van der Waals surface area (Å²) in [5.41, 5.74) is 0.881. The van der Waals surface area contributed by atoms with Gasteiger partial charge in [-0.25, -0.2) is 0 Å². The summed E-state index contributed by atoms with van der Waals surface area (Å²) in [7, 11) is 0. The summed E-state index contributed by atoms with van der Waals surface area (Å²) in [6.45, 7) is 1.97. The van der Waals surface area contributed by atoms with Gasteiger partial charge in [0.05, 0.1) is 0 Å². The molecule has 0 spiro atoms. The summed E-state index contributed by atoms with van der Waals surface area (Å²) >= 11 is 0. The molecule has 1 fully saturated rings. The molecule has 2 rings (SSSR count). The van der Waals surface area contributed by atoms with Crippen LogP contribution in [0.2, 0.25) is 0 Å². The van der Waals surface area contributed by atoms with Crippen LogP contribution < -0.4 is 5.32 Å². The molecule has 0 aliphatic carbocycles. The Hall–Kier alpha value is -0.930. The maximum atomic E-state index is 9.68. The highest BCUT2D eigenvalue weighted by Gasteiger charge is 2.19. The van der Waals surface area contributed by atoms with Gasteiger partial charge in [0.25, 0.3) is 0 Å². The van der Waals surface area contributed by atoms with Gasteiger partial charge in [-0.1, -0.05) is 12.1 Å². The Balaban J connectivity index is 0.00000112. The third-order valence-electron chi connectivity index (χ3n) is 2.82. The number of nitrogens with one attached hydrogen (secondary N) is 1. The summed E-state index contributed by atoms with van der Waals surface area (Å²) in [5.74, 6) is 0.420. The van der Waals surface area contributed by atoms with Gasteiger partial charge in [0.15, 0.2) is 11.5 Å². The molecular weight excluding hydrogens is 214 g/mol. The molecule has 1 saturated heterocycles. The first kappa shape index (κ1) is 12.1. The Morgan fingerprint density at radius 2 is 1.80 bits per heavy atom. The second-order valence-corrected chi connectivity index (χ2v) is 3.74. The van der Waals surface area contributed by atoms with Gasteiger partial charge in [-0.3, -0.25) is 0 Å². The summed E-state index contributed by atoms with van der Waals surface area (Å²) in [6, 6.07) is 5.19. The third kappa shape index (κ3) is 2.55. The fourth-order valence-electron chi connectivity index (χ4n) is 2.01. The molecule has 0 atom stereocenters. The molecule has 84 valence electrons. The Morgan fingerprint density at radius 1 is 1.13 bits per heavy atom. The van der Waals surface area contributed by atoms with E-state index in [9.17, 15) is 10.2 Å². The van der Waals surface area contributed by atoms with Gasteiger partial charge in [0.2, 0.25) is 0 Å². The minimum absolute atomic E-state index is 0. The highest BCUT2D eigenvalue weighted by Crippen LogP contribution is 2.36. The molecule has 15 heavy (non-hydrogen) atoms. The van der Waals surface area contributed by atoms with Gasteiger partial charge in [-0.15, -0.1) is 12.4 Å². The van der Waals surface area contributed by atoms with Crippen molar-refractivity contribution in [3.05, 3.63) is 23.8 Å². The van der Waals surface area contributed by atoms with Crippen molar-refractivity contribution in [3.8, 4) is 11.5 Å². The first-order valence-electron chi connectivity index (χ1n) is 5.00. The quantitative estimate of drug-likeness (QED) is 0.646. The van der Waals surface area contributed by atoms with Gasteiger partial charge >= 0.3 is 0 Å². The van der Waals surface area contributed by atoms with Crippen molar-refractivity contribution in [2.75, 3.05) is 13.1 Å². The van der Waals surface area contributed by atoms with Crippen LogP contribution in [0.15, 0.2) is 18.2 Å². The Bertz CT molecular complexity index is 324. The van der Waals surface area contributed by atoms with Crippen molar-refractivity contribution in [2.45, 2.75) is 18.8 Å². The number of para-hydroxylation sites is 1. The lowest BCUT2D eigenvalue weighted by molar-refractivity contribution is 0.384. The third-order valence-corrected chi connectivity index (χ3v) is 2.82. The summed E-state index contributed by atoms with van der Waals surface area (Å²) in [4.78, 5) is 0. The zero-order valence-electron chi connectivity index (χ0n) is 8.44. The second kappa shape index (κ2) is 5.24. The second-order valence-electron chi connectivity index (χ2n) is 3.74. The van der Waals surface area contributed by atoms with Crippen LogP contribution in [-0.4, -0.2) is 23.3 Å². The highest BCUT2D eigenvalue weighted by atomic mass is 35.5. The molecule has 0 amide bonds. The van der Waals surface area contributed by atoms with E-state index in [1.54, 1.807) is 6.07 Å². The van der Waals surface area contributed by atoms with Gasteiger partial charge in [-0.05, 0) is 37.9 Å². The van der Waals surface area contributed by atoms with E-state index in [-0.39, 0.29) is 23.9 Å². The van der Waals surface area contributed by atoms with Gasteiger partial charge in [0.1, 0.15) is 0 Å². The molecule has 0 bridgehead atoms.